The molecule has 1 aliphatic heterocycles. The summed E-state index contributed by atoms with van der Waals surface area (Å²) in [6, 6.07) is 15.6. The van der Waals surface area contributed by atoms with E-state index in [9.17, 15) is 4.79 Å². The molecule has 31 heavy (non-hydrogen) atoms. The molecule has 5 rings (SSSR count). The number of para-hydroxylation sites is 2. The molecule has 1 aliphatic rings. The van der Waals surface area contributed by atoms with Crippen LogP contribution in [0.2, 0.25) is 0 Å². The maximum Gasteiger partial charge on any atom is 0.258 e. The number of nitrogens with zero attached hydrogens (tertiary/aromatic N) is 3. The highest BCUT2D eigenvalue weighted by atomic mass is 32.1. The number of carbonyl (C=O) groups excluding carboxylic acids is 1. The van der Waals surface area contributed by atoms with Gasteiger partial charge >= 0.3 is 0 Å². The summed E-state index contributed by atoms with van der Waals surface area (Å²) in [5.41, 5.74) is 3.28. The molecular weight excluding hydrogens is 410 g/mol. The molecule has 0 aliphatic carbocycles. The van der Waals surface area contributed by atoms with Gasteiger partial charge in [0.05, 0.1) is 33.1 Å². The van der Waals surface area contributed by atoms with Gasteiger partial charge in [-0.3, -0.25) is 4.79 Å². The lowest BCUT2D eigenvalue weighted by Gasteiger charge is -2.24. The number of hydrogen-bond acceptors (Lipinski definition) is 6. The van der Waals surface area contributed by atoms with Crippen LogP contribution in [-0.4, -0.2) is 27.5 Å². The molecule has 158 valence electrons. The van der Waals surface area contributed by atoms with Crippen molar-refractivity contribution in [2.24, 2.45) is 0 Å². The van der Waals surface area contributed by atoms with Crippen LogP contribution in [0.25, 0.3) is 10.2 Å². The van der Waals surface area contributed by atoms with Gasteiger partial charge in [-0.05, 0) is 51.0 Å². The van der Waals surface area contributed by atoms with Crippen molar-refractivity contribution in [2.45, 2.75) is 39.3 Å². The fourth-order valence-electron chi connectivity index (χ4n) is 4.08. The lowest BCUT2D eigenvalue weighted by atomic mass is 10.1. The summed E-state index contributed by atoms with van der Waals surface area (Å²) in [6.45, 7) is 4.78. The summed E-state index contributed by atoms with van der Waals surface area (Å²) in [5, 5.41) is 4.98. The van der Waals surface area contributed by atoms with Gasteiger partial charge in [-0.1, -0.05) is 29.4 Å². The van der Waals surface area contributed by atoms with Gasteiger partial charge in [-0.2, -0.15) is 0 Å². The highest BCUT2D eigenvalue weighted by Gasteiger charge is 2.34. The largest absolute Gasteiger partial charge is 0.488 e. The number of aromatic nitrogens is 2. The van der Waals surface area contributed by atoms with Gasteiger partial charge in [-0.25, -0.2) is 4.98 Å². The first-order valence-corrected chi connectivity index (χ1v) is 11.2. The first-order chi connectivity index (χ1) is 15.1. The Hall–Kier alpha value is -3.19. The second-order valence-electron chi connectivity index (χ2n) is 7.76. The summed E-state index contributed by atoms with van der Waals surface area (Å²) in [7, 11) is 0. The minimum absolute atomic E-state index is 0.000480. The second kappa shape index (κ2) is 8.15. The van der Waals surface area contributed by atoms with E-state index in [4.69, 9.17) is 14.2 Å². The summed E-state index contributed by atoms with van der Waals surface area (Å²) in [5.74, 6) is 1.29. The number of ether oxygens (including phenoxy) is 1. The molecule has 0 N–H and O–H groups in total. The third kappa shape index (κ3) is 3.70. The van der Waals surface area contributed by atoms with E-state index in [-0.39, 0.29) is 11.9 Å². The van der Waals surface area contributed by atoms with Gasteiger partial charge in [0.15, 0.2) is 0 Å². The molecule has 1 atom stereocenters. The average molecular weight is 434 g/mol. The number of thiazole rings is 1. The van der Waals surface area contributed by atoms with E-state index in [0.717, 1.165) is 51.6 Å². The van der Waals surface area contributed by atoms with Crippen LogP contribution >= 0.6 is 11.3 Å². The first-order valence-electron chi connectivity index (χ1n) is 10.4. The lowest BCUT2D eigenvalue weighted by Crippen LogP contribution is -2.30. The molecule has 0 spiro atoms. The number of amides is 1. The molecule has 0 unspecified atom stereocenters. The maximum absolute atomic E-state index is 13.6. The predicted octanol–water partition coefficient (Wildman–Crippen LogP) is 5.46. The minimum Gasteiger partial charge on any atom is -0.488 e. The Kier molecular flexibility index (Phi) is 5.19. The maximum atomic E-state index is 13.6. The molecule has 6 nitrogen and oxygen atoms in total. The first kappa shape index (κ1) is 19.8. The molecule has 0 saturated carbocycles. The van der Waals surface area contributed by atoms with Crippen LogP contribution in [-0.2, 0) is 6.61 Å². The Bertz CT molecular complexity index is 1190. The normalized spacial score (nSPS) is 16.2. The van der Waals surface area contributed by atoms with Crippen molar-refractivity contribution < 1.29 is 14.1 Å². The van der Waals surface area contributed by atoms with E-state index in [2.05, 4.69) is 11.2 Å². The highest BCUT2D eigenvalue weighted by Crippen LogP contribution is 2.38. The number of benzene rings is 2. The predicted molar refractivity (Wildman–Crippen MR) is 119 cm³/mol. The highest BCUT2D eigenvalue weighted by molar-refractivity contribution is 7.18. The van der Waals surface area contributed by atoms with Gasteiger partial charge in [0.2, 0.25) is 0 Å². The molecule has 0 radical (unpaired) electrons. The zero-order valence-corrected chi connectivity index (χ0v) is 18.3. The fourth-order valence-corrected chi connectivity index (χ4v) is 5.20. The van der Waals surface area contributed by atoms with E-state index in [0.29, 0.717) is 17.9 Å². The van der Waals surface area contributed by atoms with Crippen LogP contribution < -0.4 is 4.74 Å². The lowest BCUT2D eigenvalue weighted by molar-refractivity contribution is 0.0730. The van der Waals surface area contributed by atoms with E-state index >= 15 is 0 Å². The Morgan fingerprint density at radius 1 is 1.19 bits per heavy atom. The standard InChI is InChI=1S/C24H23N3O3S/c1-15-18(16(2)30-26-15)14-29-21-11-5-3-8-17(21)24(28)27-13-7-10-20(27)23-25-19-9-4-6-12-22(19)31-23/h3-6,8-9,11-12,20H,7,10,13-14H2,1-2H3/t20-/m1/s1. The summed E-state index contributed by atoms with van der Waals surface area (Å²) >= 11 is 1.67. The number of aryl methyl sites for hydroxylation is 2. The van der Waals surface area contributed by atoms with Crippen LogP contribution in [0.15, 0.2) is 53.1 Å². The molecule has 7 heteroatoms. The van der Waals surface area contributed by atoms with E-state index in [1.165, 1.54) is 0 Å². The number of fused-ring (bicyclic) bond motifs is 1. The van der Waals surface area contributed by atoms with Gasteiger partial charge in [0.25, 0.3) is 5.91 Å². The molecule has 1 amide bonds. The Morgan fingerprint density at radius 3 is 2.81 bits per heavy atom. The van der Waals surface area contributed by atoms with Crippen LogP contribution in [0.5, 0.6) is 5.75 Å². The molecular formula is C24H23N3O3S. The van der Waals surface area contributed by atoms with Crippen LogP contribution in [0.1, 0.15) is 51.3 Å². The van der Waals surface area contributed by atoms with Gasteiger partial charge in [-0.15, -0.1) is 11.3 Å². The van der Waals surface area contributed by atoms with E-state index < -0.39 is 0 Å². The topological polar surface area (TPSA) is 68.5 Å². The van der Waals surface area contributed by atoms with Crippen LogP contribution in [0, 0.1) is 13.8 Å². The third-order valence-electron chi connectivity index (χ3n) is 5.78. The molecule has 1 fully saturated rings. The zero-order valence-electron chi connectivity index (χ0n) is 17.5. The van der Waals surface area contributed by atoms with Crippen molar-refractivity contribution in [3.8, 4) is 5.75 Å². The summed E-state index contributed by atoms with van der Waals surface area (Å²) in [6.07, 6.45) is 1.89. The monoisotopic (exact) mass is 433 g/mol. The molecule has 0 bridgehead atoms. The molecule has 2 aromatic carbocycles. The second-order valence-corrected chi connectivity index (χ2v) is 8.83. The van der Waals surface area contributed by atoms with Crippen molar-refractivity contribution in [2.75, 3.05) is 6.54 Å². The molecule has 4 aromatic rings. The van der Waals surface area contributed by atoms with Crippen LogP contribution in [0.3, 0.4) is 0 Å². The fraction of sp³-hybridized carbons (Fsp3) is 0.292. The van der Waals surface area contributed by atoms with Gasteiger partial charge < -0.3 is 14.2 Å². The SMILES string of the molecule is Cc1noc(C)c1COc1ccccc1C(=O)N1CCC[C@@H]1c1nc2ccccc2s1. The molecule has 2 aromatic heterocycles. The Morgan fingerprint density at radius 2 is 2.00 bits per heavy atom. The van der Waals surface area contributed by atoms with Crippen LogP contribution in [0.4, 0.5) is 0 Å². The van der Waals surface area contributed by atoms with Crippen molar-refractivity contribution in [1.82, 2.24) is 15.0 Å². The smallest absolute Gasteiger partial charge is 0.258 e. The summed E-state index contributed by atoms with van der Waals surface area (Å²) < 4.78 is 12.4. The average Bonchev–Trinajstić information content (AvgIpc) is 3.50. The summed E-state index contributed by atoms with van der Waals surface area (Å²) in [4.78, 5) is 20.3. The quantitative estimate of drug-likeness (QED) is 0.418. The number of hydrogen-bond donors (Lipinski definition) is 0. The Balaban J connectivity index is 1.40. The van der Waals surface area contributed by atoms with E-state index in [1.807, 2.05) is 61.2 Å². The molecule has 1 saturated heterocycles. The van der Waals surface area contributed by atoms with Crippen molar-refractivity contribution >= 4 is 27.5 Å². The minimum atomic E-state index is -0.0175. The van der Waals surface area contributed by atoms with Crippen molar-refractivity contribution in [3.05, 3.63) is 76.1 Å². The number of carbonyl (C=O) groups is 1. The Labute approximate surface area is 184 Å². The van der Waals surface area contributed by atoms with Gasteiger partial charge in [0, 0.05) is 6.54 Å². The number of rotatable bonds is 5. The zero-order chi connectivity index (χ0) is 21.4. The molecule has 3 heterocycles. The third-order valence-corrected chi connectivity index (χ3v) is 6.92. The van der Waals surface area contributed by atoms with Crippen molar-refractivity contribution in [1.29, 1.82) is 0 Å². The number of likely N-dealkylation sites (tertiary alicyclic amines) is 1. The van der Waals surface area contributed by atoms with Crippen molar-refractivity contribution in [3.63, 3.8) is 0 Å². The van der Waals surface area contributed by atoms with E-state index in [1.54, 1.807) is 11.3 Å². The van der Waals surface area contributed by atoms with Gasteiger partial charge in [0.1, 0.15) is 23.1 Å².